The van der Waals surface area contributed by atoms with Crippen LogP contribution in [0.25, 0.3) is 16.5 Å². The number of hydrogen-bond acceptors (Lipinski definition) is 5. The summed E-state index contributed by atoms with van der Waals surface area (Å²) >= 11 is 0. The summed E-state index contributed by atoms with van der Waals surface area (Å²) < 4.78 is 19.2. The molecule has 3 aliphatic rings. The molecule has 0 N–H and O–H groups in total. The molecular formula is C35H46N2O5. The lowest BCUT2D eigenvalue weighted by molar-refractivity contribution is -0.142. The van der Waals surface area contributed by atoms with Crippen molar-refractivity contribution in [2.24, 2.45) is 11.3 Å². The van der Waals surface area contributed by atoms with E-state index in [1.165, 1.54) is 12.7 Å². The molecule has 7 nitrogen and oxygen atoms in total. The molecule has 42 heavy (non-hydrogen) atoms. The van der Waals surface area contributed by atoms with Crippen molar-refractivity contribution in [1.29, 1.82) is 0 Å². The molecule has 4 atom stereocenters. The molecule has 1 saturated heterocycles. The fourth-order valence-corrected chi connectivity index (χ4v) is 7.25. The summed E-state index contributed by atoms with van der Waals surface area (Å²) in [5.41, 5.74) is 5.53. The zero-order chi connectivity index (χ0) is 30.2. The Morgan fingerprint density at radius 2 is 1.93 bits per heavy atom. The number of nitrogens with zero attached hydrogens (tertiary/aromatic N) is 2. The summed E-state index contributed by atoms with van der Waals surface area (Å²) in [5, 5.41) is 1.12. The Labute approximate surface area is 250 Å². The summed E-state index contributed by atoms with van der Waals surface area (Å²) in [6, 6.07) is 5.86. The zero-order valence-electron chi connectivity index (χ0n) is 26.1. The van der Waals surface area contributed by atoms with Crippen LogP contribution in [0.3, 0.4) is 0 Å². The van der Waals surface area contributed by atoms with E-state index in [0.29, 0.717) is 38.4 Å². The Morgan fingerprint density at radius 3 is 2.57 bits per heavy atom. The van der Waals surface area contributed by atoms with Crippen LogP contribution in [0, 0.1) is 11.3 Å². The Morgan fingerprint density at radius 1 is 1.19 bits per heavy atom. The van der Waals surface area contributed by atoms with Crippen LogP contribution in [-0.2, 0) is 25.5 Å². The average Bonchev–Trinajstić information content (AvgIpc) is 3.63. The van der Waals surface area contributed by atoms with Gasteiger partial charge in [0.1, 0.15) is 0 Å². The number of ether oxygens (including phenoxy) is 3. The van der Waals surface area contributed by atoms with Gasteiger partial charge in [0, 0.05) is 42.0 Å². The molecule has 7 heteroatoms. The van der Waals surface area contributed by atoms with Gasteiger partial charge < -0.3 is 23.7 Å². The van der Waals surface area contributed by atoms with E-state index in [0.717, 1.165) is 47.0 Å². The van der Waals surface area contributed by atoms with E-state index in [1.807, 2.05) is 37.0 Å². The molecule has 3 heterocycles. The monoisotopic (exact) mass is 574 g/mol. The number of hydrogen-bond donors (Lipinski definition) is 0. The molecule has 1 aliphatic carbocycles. The normalized spacial score (nSPS) is 25.2. The molecule has 4 unspecified atom stereocenters. The fourth-order valence-electron chi connectivity index (χ4n) is 7.25. The Balaban J connectivity index is 1.80. The van der Waals surface area contributed by atoms with E-state index < -0.39 is 5.41 Å². The van der Waals surface area contributed by atoms with Gasteiger partial charge in [-0.25, -0.2) is 4.79 Å². The van der Waals surface area contributed by atoms with Crippen molar-refractivity contribution in [3.8, 4) is 0 Å². The lowest BCUT2D eigenvalue weighted by Crippen LogP contribution is -2.46. The first-order valence-electron chi connectivity index (χ1n) is 15.5. The third-order valence-electron chi connectivity index (χ3n) is 9.11. The fraction of sp³-hybridized carbons (Fsp3) is 0.543. The number of amides is 1. The van der Waals surface area contributed by atoms with Gasteiger partial charge in [-0.05, 0) is 62.8 Å². The Hall–Kier alpha value is -3.16. The van der Waals surface area contributed by atoms with Crippen molar-refractivity contribution in [3.63, 3.8) is 0 Å². The molecule has 226 valence electrons. The largest absolute Gasteiger partial charge is 0.465 e. The molecule has 2 aliphatic heterocycles. The molecule has 1 aromatic carbocycles. The van der Waals surface area contributed by atoms with E-state index in [-0.39, 0.29) is 35.9 Å². The number of benzene rings is 1. The minimum absolute atomic E-state index is 0.0605. The van der Waals surface area contributed by atoms with Crippen molar-refractivity contribution < 1.29 is 23.8 Å². The molecule has 0 bridgehead atoms. The first-order valence-corrected chi connectivity index (χ1v) is 15.5. The second-order valence-corrected chi connectivity index (χ2v) is 12.4. The average molecular weight is 575 g/mol. The van der Waals surface area contributed by atoms with Gasteiger partial charge in [-0.2, -0.15) is 0 Å². The third-order valence-corrected chi connectivity index (χ3v) is 9.11. The summed E-state index contributed by atoms with van der Waals surface area (Å²) in [7, 11) is 1.41. The standard InChI is InChI=1S/C35H46N2O5/c1-8-10-23(5)31-27-13-12-25(33(38)40-7)19-30(27)37-21-35(34(39)36-14-16-41-17-15-36)20-29(35)28(18-24(6)42-22(3)4)26(11-9-2)32(31)37/h9,11-13,18-19,22-24,29H,2,8,10,14-17,20-21H2,1,3-7H3/b26-11+,28-18+. The number of methoxy groups -OCH3 is 1. The lowest BCUT2D eigenvalue weighted by atomic mass is 9.86. The molecular weight excluding hydrogens is 528 g/mol. The van der Waals surface area contributed by atoms with Gasteiger partial charge in [0.2, 0.25) is 5.91 Å². The highest BCUT2D eigenvalue weighted by atomic mass is 16.5. The number of carbonyl (C=O) groups excluding carboxylic acids is 2. The second-order valence-electron chi connectivity index (χ2n) is 12.4. The lowest BCUT2D eigenvalue weighted by Gasteiger charge is -2.31. The van der Waals surface area contributed by atoms with Crippen LogP contribution in [0.4, 0.5) is 0 Å². The Kier molecular flexibility index (Phi) is 8.81. The van der Waals surface area contributed by atoms with Crippen LogP contribution < -0.4 is 0 Å². The number of morpholine rings is 1. The molecule has 1 amide bonds. The van der Waals surface area contributed by atoms with Crippen molar-refractivity contribution in [2.75, 3.05) is 33.4 Å². The highest BCUT2D eigenvalue weighted by molar-refractivity contribution is 6.01. The number of carbonyl (C=O) groups is 2. The third kappa shape index (κ3) is 5.37. The zero-order valence-corrected chi connectivity index (χ0v) is 26.1. The molecule has 0 spiro atoms. The maximum absolute atomic E-state index is 14.4. The van der Waals surface area contributed by atoms with Gasteiger partial charge in [-0.3, -0.25) is 4.79 Å². The van der Waals surface area contributed by atoms with Crippen LogP contribution in [0.15, 0.2) is 48.6 Å². The summed E-state index contributed by atoms with van der Waals surface area (Å²) in [6.07, 6.45) is 9.00. The van der Waals surface area contributed by atoms with E-state index >= 15 is 0 Å². The smallest absolute Gasteiger partial charge is 0.337 e. The number of fused-ring (bicyclic) bond motifs is 4. The quantitative estimate of drug-likeness (QED) is 0.319. The number of rotatable bonds is 9. The van der Waals surface area contributed by atoms with Gasteiger partial charge in [-0.1, -0.05) is 51.1 Å². The van der Waals surface area contributed by atoms with Crippen LogP contribution >= 0.6 is 0 Å². The molecule has 5 rings (SSSR count). The minimum atomic E-state index is -0.579. The maximum atomic E-state index is 14.4. The van der Waals surface area contributed by atoms with E-state index in [1.54, 1.807) is 0 Å². The highest BCUT2D eigenvalue weighted by Crippen LogP contribution is 2.64. The topological polar surface area (TPSA) is 70.0 Å². The maximum Gasteiger partial charge on any atom is 0.337 e. The minimum Gasteiger partial charge on any atom is -0.465 e. The van der Waals surface area contributed by atoms with Gasteiger partial charge in [-0.15, -0.1) is 0 Å². The van der Waals surface area contributed by atoms with E-state index in [2.05, 4.69) is 50.1 Å². The summed E-state index contributed by atoms with van der Waals surface area (Å²) in [6.45, 7) is 17.7. The first-order chi connectivity index (χ1) is 20.2. The second kappa shape index (κ2) is 12.2. The van der Waals surface area contributed by atoms with Gasteiger partial charge in [0.05, 0.1) is 49.2 Å². The first kappa shape index (κ1) is 30.3. The highest BCUT2D eigenvalue weighted by Gasteiger charge is 2.64. The van der Waals surface area contributed by atoms with Crippen LogP contribution in [0.1, 0.15) is 81.4 Å². The van der Waals surface area contributed by atoms with Crippen molar-refractivity contribution in [3.05, 3.63) is 65.4 Å². The summed E-state index contributed by atoms with van der Waals surface area (Å²) in [5.74, 6) is 0.163. The van der Waals surface area contributed by atoms with Crippen LogP contribution in [0.2, 0.25) is 0 Å². The van der Waals surface area contributed by atoms with Gasteiger partial charge in [0.25, 0.3) is 0 Å². The van der Waals surface area contributed by atoms with E-state index in [4.69, 9.17) is 14.2 Å². The molecule has 2 fully saturated rings. The van der Waals surface area contributed by atoms with Crippen LogP contribution in [-0.4, -0.2) is 67.0 Å². The summed E-state index contributed by atoms with van der Waals surface area (Å²) in [4.78, 5) is 29.1. The SMILES string of the molecule is C=C/C=C1\C(=C/C(C)OC(C)C)C2CC2(C(=O)N2CCOCC2)Cn2c1c(C(C)CCC)c1ccc(C(=O)OC)cc12. The van der Waals surface area contributed by atoms with Gasteiger partial charge in [0.15, 0.2) is 0 Å². The predicted molar refractivity (Wildman–Crippen MR) is 166 cm³/mol. The molecule has 1 aromatic heterocycles. The molecule has 1 saturated carbocycles. The Bertz CT molecular complexity index is 1430. The van der Waals surface area contributed by atoms with E-state index in [9.17, 15) is 9.59 Å². The van der Waals surface area contributed by atoms with Crippen molar-refractivity contribution in [2.45, 2.75) is 78.6 Å². The van der Waals surface area contributed by atoms with Crippen LogP contribution in [0.5, 0.6) is 0 Å². The van der Waals surface area contributed by atoms with Crippen molar-refractivity contribution >= 4 is 28.4 Å². The molecule has 0 radical (unpaired) electrons. The number of allylic oxidation sites excluding steroid dienone is 4. The molecule has 2 aromatic rings. The van der Waals surface area contributed by atoms with Crippen molar-refractivity contribution in [1.82, 2.24) is 9.47 Å². The number of aromatic nitrogens is 1. The number of esters is 1. The predicted octanol–water partition coefficient (Wildman–Crippen LogP) is 6.52. The van der Waals surface area contributed by atoms with Gasteiger partial charge >= 0.3 is 5.97 Å².